The van der Waals surface area contributed by atoms with Crippen LogP contribution in [-0.4, -0.2) is 64.4 Å². The number of pyridine rings is 1. The van der Waals surface area contributed by atoms with Gasteiger partial charge in [0.15, 0.2) is 13.2 Å². The van der Waals surface area contributed by atoms with Gasteiger partial charge in [-0.05, 0) is 81.0 Å². The van der Waals surface area contributed by atoms with Gasteiger partial charge in [0, 0.05) is 24.3 Å². The molecule has 0 spiro atoms. The normalized spacial score (nSPS) is 12.3. The molecule has 0 bridgehead atoms. The van der Waals surface area contributed by atoms with Crippen molar-refractivity contribution >= 4 is 43.7 Å². The van der Waals surface area contributed by atoms with Gasteiger partial charge in [0.2, 0.25) is 5.16 Å². The van der Waals surface area contributed by atoms with Crippen molar-refractivity contribution in [2.45, 2.75) is 74.9 Å². The summed E-state index contributed by atoms with van der Waals surface area (Å²) in [5, 5.41) is 12.9. The van der Waals surface area contributed by atoms with E-state index in [9.17, 15) is 40.5 Å². The number of aliphatic carboxylic acids is 1. The molecule has 2 heterocycles. The number of alkyl halides is 3. The Hall–Kier alpha value is -3.51. The second kappa shape index (κ2) is 18.3. The first-order valence-electron chi connectivity index (χ1n) is 15.6. The number of aryl methyl sites for hydroxylation is 2. The number of carbonyl (C=O) groups is 2. The number of imidazole rings is 1. The van der Waals surface area contributed by atoms with Crippen LogP contribution in [0.15, 0.2) is 58.7 Å². The van der Waals surface area contributed by atoms with Gasteiger partial charge in [-0.25, -0.2) is 17.4 Å². The Morgan fingerprint density at radius 1 is 1.04 bits per heavy atom. The molecule has 1 N–H and O–H groups in total. The summed E-state index contributed by atoms with van der Waals surface area (Å²) in [5.41, 5.74) is 1.47. The van der Waals surface area contributed by atoms with Crippen LogP contribution in [0.5, 0.6) is 11.5 Å². The number of carboxylic acid groups (broad SMARTS) is 1. The van der Waals surface area contributed by atoms with Crippen LogP contribution in [0.4, 0.5) is 13.2 Å². The number of unbranched alkanes of at least 4 members (excludes halogenated alkanes) is 2. The molecular weight excluding hydrogens is 725 g/mol. The minimum absolute atomic E-state index is 0. The number of ether oxygens (including phenoxy) is 2. The number of nitrogens with zero attached hydrogens (tertiary/aromatic N) is 3. The van der Waals surface area contributed by atoms with Crippen molar-refractivity contribution in [2.75, 3.05) is 19.8 Å². The molecule has 1 unspecified atom stereocenters. The number of nitrogens with one attached hydrogen (secondary N) is 1. The molecule has 1 atom stereocenters. The summed E-state index contributed by atoms with van der Waals surface area (Å²) in [6.07, 6.45) is -1.53. The number of amides is 1. The molecule has 18 heteroatoms. The number of carbonyl (C=O) groups excluding carboxylic acids is 2. The van der Waals surface area contributed by atoms with Crippen LogP contribution in [0.25, 0.3) is 11.0 Å². The monoisotopic (exact) mass is 760 g/mol. The maximum atomic E-state index is 14.4. The molecule has 12 nitrogen and oxygen atoms in total. The van der Waals surface area contributed by atoms with E-state index >= 15 is 0 Å². The van der Waals surface area contributed by atoms with E-state index in [4.69, 9.17) is 9.47 Å². The van der Waals surface area contributed by atoms with Gasteiger partial charge in [0.1, 0.15) is 11.5 Å². The third-order valence-corrected chi connectivity index (χ3v) is 10.8. The van der Waals surface area contributed by atoms with E-state index in [1.165, 1.54) is 30.5 Å². The number of rotatable bonds is 17. The predicted octanol–water partition coefficient (Wildman–Crippen LogP) is 0.906. The molecule has 0 radical (unpaired) electrons. The number of halogens is 3. The molecule has 270 valence electrons. The second-order valence-electron chi connectivity index (χ2n) is 11.3. The summed E-state index contributed by atoms with van der Waals surface area (Å²) < 4.78 is 92.8. The van der Waals surface area contributed by atoms with Gasteiger partial charge >= 0.3 is 35.7 Å². The number of carboxylic acids is 1. The summed E-state index contributed by atoms with van der Waals surface area (Å²) in [6.45, 7) is 3.26. The van der Waals surface area contributed by atoms with Crippen LogP contribution in [0.3, 0.4) is 0 Å². The van der Waals surface area contributed by atoms with Crippen molar-refractivity contribution in [3.8, 4) is 11.5 Å². The average Bonchev–Trinajstić information content (AvgIpc) is 3.44. The minimum atomic E-state index is -4.57. The van der Waals surface area contributed by atoms with Gasteiger partial charge in [-0.15, -0.1) is 0 Å². The first-order chi connectivity index (χ1) is 23.6. The molecule has 0 fully saturated rings. The number of aromatic nitrogens is 3. The average molecular weight is 761 g/mol. The Bertz CT molecular complexity index is 1980. The SMILES string of the molecule is CCc1c(OCC(F)(F)F)ccnc1CS(=O)c1nc2ccccc2n1S(=O)(=O)c1c(C)cc(OCC(=O)NCCCCCC(=O)[O-])cc1C.[Na+]. The smallest absolute Gasteiger partial charge is 0.550 e. The first kappa shape index (κ1) is 41.9. The molecule has 4 rings (SSSR count). The van der Waals surface area contributed by atoms with Crippen molar-refractivity contribution in [1.82, 2.24) is 19.3 Å². The molecule has 51 heavy (non-hydrogen) atoms. The molecule has 2 aromatic heterocycles. The van der Waals surface area contributed by atoms with Gasteiger partial charge < -0.3 is 24.7 Å². The van der Waals surface area contributed by atoms with Gasteiger partial charge in [-0.3, -0.25) is 14.0 Å². The number of hydrogen-bond donors (Lipinski definition) is 1. The fourth-order valence-electron chi connectivity index (χ4n) is 5.35. The zero-order valence-electron chi connectivity index (χ0n) is 28.5. The second-order valence-corrected chi connectivity index (χ2v) is 14.4. The summed E-state index contributed by atoms with van der Waals surface area (Å²) >= 11 is 0. The Labute approximate surface area is 317 Å². The van der Waals surface area contributed by atoms with Gasteiger partial charge in [-0.1, -0.05) is 25.5 Å². The van der Waals surface area contributed by atoms with Crippen molar-refractivity contribution < 1.29 is 79.5 Å². The maximum absolute atomic E-state index is 14.4. The van der Waals surface area contributed by atoms with E-state index < -0.39 is 45.5 Å². The topological polar surface area (TPSA) is 170 Å². The van der Waals surface area contributed by atoms with E-state index in [1.54, 1.807) is 39.0 Å². The van der Waals surface area contributed by atoms with Crippen molar-refractivity contribution in [3.63, 3.8) is 0 Å². The van der Waals surface area contributed by atoms with Crippen LogP contribution in [0.2, 0.25) is 0 Å². The van der Waals surface area contributed by atoms with Crippen LogP contribution >= 0.6 is 0 Å². The molecule has 4 aromatic rings. The van der Waals surface area contributed by atoms with Crippen molar-refractivity contribution in [2.24, 2.45) is 0 Å². The summed E-state index contributed by atoms with van der Waals surface area (Å²) in [4.78, 5) is 31.3. The molecule has 0 aliphatic heterocycles. The number of benzene rings is 2. The van der Waals surface area contributed by atoms with Gasteiger partial charge in [0.05, 0.1) is 38.2 Å². The largest absolute Gasteiger partial charge is 1.00 e. The molecule has 1 amide bonds. The number of hydrogen-bond acceptors (Lipinski definition) is 10. The third-order valence-electron chi connectivity index (χ3n) is 7.49. The molecule has 0 saturated carbocycles. The Morgan fingerprint density at radius 2 is 1.73 bits per heavy atom. The summed E-state index contributed by atoms with van der Waals surface area (Å²) in [6, 6.07) is 10.6. The Balaban J connectivity index is 0.00000702. The molecular formula is C33H36F3N4NaO8S2. The van der Waals surface area contributed by atoms with Crippen molar-refractivity contribution in [1.29, 1.82) is 0 Å². The van der Waals surface area contributed by atoms with Gasteiger partial charge in [-0.2, -0.15) is 13.2 Å². The minimum Gasteiger partial charge on any atom is -0.550 e. The van der Waals surface area contributed by atoms with E-state index in [1.807, 2.05) is 0 Å². The predicted molar refractivity (Wildman–Crippen MR) is 175 cm³/mol. The fourth-order valence-corrected chi connectivity index (χ4v) is 8.78. The van der Waals surface area contributed by atoms with E-state index in [0.717, 1.165) is 3.97 Å². The first-order valence-corrected chi connectivity index (χ1v) is 18.4. The number of para-hydroxylation sites is 2. The van der Waals surface area contributed by atoms with Crippen molar-refractivity contribution in [3.05, 3.63) is 71.0 Å². The summed E-state index contributed by atoms with van der Waals surface area (Å²) in [5.74, 6) is -1.70. The number of fused-ring (bicyclic) bond motifs is 1. The standard InChI is InChI=1S/C33H37F3N4O8S2.Na/c1-4-24-26(37-15-13-28(24)48-20-33(34,35)36)19-49(44)32-39-25-10-7-8-11-27(25)40(32)50(45,46)31-21(2)16-23(17-22(31)3)47-18-29(41)38-14-9-5-6-12-30(42)43;/h7-8,10-11,13,15-17H,4-6,9,12,14,18-20H2,1-3H3,(H,38,41)(H,42,43);/q;+1/p-1. The molecule has 0 saturated heterocycles. The van der Waals surface area contributed by atoms with Crippen LogP contribution in [0.1, 0.15) is 55.0 Å². The maximum Gasteiger partial charge on any atom is 1.00 e. The van der Waals surface area contributed by atoms with Crippen LogP contribution < -0.4 is 49.5 Å². The quantitative estimate of drug-likeness (QED) is 0.121. The fraction of sp³-hybridized carbons (Fsp3) is 0.394. The van der Waals surface area contributed by atoms with Crippen LogP contribution in [-0.2, 0) is 42.6 Å². The molecule has 0 aliphatic rings. The Morgan fingerprint density at radius 3 is 2.37 bits per heavy atom. The summed E-state index contributed by atoms with van der Waals surface area (Å²) in [7, 11) is -6.60. The zero-order chi connectivity index (χ0) is 36.6. The zero-order valence-corrected chi connectivity index (χ0v) is 32.2. The third kappa shape index (κ3) is 11.0. The van der Waals surface area contributed by atoms with E-state index in [0.29, 0.717) is 31.4 Å². The van der Waals surface area contributed by atoms with Crippen LogP contribution in [0, 0.1) is 13.8 Å². The molecule has 0 aliphatic carbocycles. The Kier molecular flexibility index (Phi) is 15.0. The van der Waals surface area contributed by atoms with Gasteiger partial charge in [0.25, 0.3) is 15.9 Å². The van der Waals surface area contributed by atoms with E-state index in [2.05, 4.69) is 15.3 Å². The molecule has 2 aromatic carbocycles. The van der Waals surface area contributed by atoms with E-state index in [-0.39, 0.29) is 104 Å².